The second-order valence-corrected chi connectivity index (χ2v) is 8.30. The molecule has 5 N–H and O–H groups in total. The van der Waals surface area contributed by atoms with Crippen LogP contribution in [0.2, 0.25) is 5.02 Å². The van der Waals surface area contributed by atoms with Crippen LogP contribution in [0.15, 0.2) is 60.7 Å². The predicted molar refractivity (Wildman–Crippen MR) is 115 cm³/mol. The number of halogens is 4. The normalized spacial score (nSPS) is 11.8. The maximum Gasteiger partial charge on any atom is 0.416 e. The Labute approximate surface area is 185 Å². The standard InChI is InChI=1S/C20H15ClF3N3O4S/c21-16-9-13(20(22,23)24)5-7-15(16)11-1-3-12(4-2-11)19(29)26-14-6-8-18(28)17(10-14)27-32(25,30)31/h1-10,27-28H,(H,26,29)(H2,25,30,31). The van der Waals surface area contributed by atoms with E-state index in [9.17, 15) is 31.5 Å². The maximum absolute atomic E-state index is 12.8. The Balaban J connectivity index is 1.78. The smallest absolute Gasteiger partial charge is 0.416 e. The molecular formula is C20H15ClF3N3O4S. The second-order valence-electron chi connectivity index (χ2n) is 6.60. The van der Waals surface area contributed by atoms with Gasteiger partial charge in [-0.1, -0.05) is 29.8 Å². The molecule has 0 heterocycles. The van der Waals surface area contributed by atoms with Crippen molar-refractivity contribution in [1.82, 2.24) is 0 Å². The van der Waals surface area contributed by atoms with E-state index in [0.29, 0.717) is 11.1 Å². The average Bonchev–Trinajstić information content (AvgIpc) is 2.69. The van der Waals surface area contributed by atoms with Crippen molar-refractivity contribution >= 4 is 39.1 Å². The van der Waals surface area contributed by atoms with Gasteiger partial charge in [0.05, 0.1) is 11.3 Å². The van der Waals surface area contributed by atoms with Crippen molar-refractivity contribution in [3.63, 3.8) is 0 Å². The third-order valence-corrected chi connectivity index (χ3v) is 5.08. The highest BCUT2D eigenvalue weighted by Crippen LogP contribution is 2.35. The van der Waals surface area contributed by atoms with Crippen LogP contribution in [0.1, 0.15) is 15.9 Å². The zero-order valence-corrected chi connectivity index (χ0v) is 17.5. The number of nitrogens with one attached hydrogen (secondary N) is 2. The Morgan fingerprint density at radius 2 is 1.66 bits per heavy atom. The van der Waals surface area contributed by atoms with Crippen molar-refractivity contribution in [3.05, 3.63) is 76.8 Å². The number of nitrogens with two attached hydrogens (primary N) is 1. The zero-order valence-electron chi connectivity index (χ0n) is 15.9. The number of alkyl halides is 3. The maximum atomic E-state index is 12.8. The first-order chi connectivity index (χ1) is 14.8. The van der Waals surface area contributed by atoms with Gasteiger partial charge in [0.25, 0.3) is 16.1 Å². The highest BCUT2D eigenvalue weighted by Gasteiger charge is 2.31. The van der Waals surface area contributed by atoms with Gasteiger partial charge in [0.1, 0.15) is 5.75 Å². The summed E-state index contributed by atoms with van der Waals surface area (Å²) in [5, 5.41) is 17.0. The summed E-state index contributed by atoms with van der Waals surface area (Å²) in [5.41, 5.74) is 0.165. The molecule has 0 aliphatic carbocycles. The van der Waals surface area contributed by atoms with Crippen LogP contribution in [-0.2, 0) is 16.4 Å². The lowest BCUT2D eigenvalue weighted by atomic mass is 10.0. The number of hydrogen-bond acceptors (Lipinski definition) is 4. The van der Waals surface area contributed by atoms with E-state index in [1.807, 2.05) is 4.72 Å². The molecule has 32 heavy (non-hydrogen) atoms. The summed E-state index contributed by atoms with van der Waals surface area (Å²) in [6.07, 6.45) is -4.51. The van der Waals surface area contributed by atoms with Crippen LogP contribution in [-0.4, -0.2) is 19.4 Å². The van der Waals surface area contributed by atoms with Crippen molar-refractivity contribution in [1.29, 1.82) is 0 Å². The molecule has 0 fully saturated rings. The van der Waals surface area contributed by atoms with Gasteiger partial charge in [0.15, 0.2) is 0 Å². The molecule has 0 unspecified atom stereocenters. The SMILES string of the molecule is NS(=O)(=O)Nc1cc(NC(=O)c2ccc(-c3ccc(C(F)(F)F)cc3Cl)cc2)ccc1O. The van der Waals surface area contributed by atoms with Gasteiger partial charge in [-0.15, -0.1) is 0 Å². The summed E-state index contributed by atoms with van der Waals surface area (Å²) >= 11 is 6.00. The minimum absolute atomic E-state index is 0.0870. The first-order valence-corrected chi connectivity index (χ1v) is 10.7. The number of anilines is 2. The summed E-state index contributed by atoms with van der Waals surface area (Å²) < 4.78 is 62.6. The number of phenolic OH excluding ortho intramolecular Hbond substituents is 1. The topological polar surface area (TPSA) is 122 Å². The zero-order chi connectivity index (χ0) is 23.7. The van der Waals surface area contributed by atoms with Crippen LogP contribution < -0.4 is 15.2 Å². The van der Waals surface area contributed by atoms with E-state index in [-0.39, 0.29) is 22.0 Å². The Kier molecular flexibility index (Phi) is 6.35. The summed E-state index contributed by atoms with van der Waals surface area (Å²) in [5.74, 6) is -0.947. The lowest BCUT2D eigenvalue weighted by molar-refractivity contribution is -0.137. The molecule has 12 heteroatoms. The number of hydrogen-bond donors (Lipinski definition) is 4. The van der Waals surface area contributed by atoms with E-state index in [1.54, 1.807) is 0 Å². The minimum Gasteiger partial charge on any atom is -0.506 e. The molecule has 0 spiro atoms. The Hall–Kier alpha value is -3.28. The van der Waals surface area contributed by atoms with Gasteiger partial charge < -0.3 is 10.4 Å². The Morgan fingerprint density at radius 3 is 2.22 bits per heavy atom. The highest BCUT2D eigenvalue weighted by molar-refractivity contribution is 7.90. The van der Waals surface area contributed by atoms with Crippen LogP contribution in [0, 0.1) is 0 Å². The number of aromatic hydroxyl groups is 1. The van der Waals surface area contributed by atoms with E-state index in [1.165, 1.54) is 48.5 Å². The molecule has 168 valence electrons. The lowest BCUT2D eigenvalue weighted by Crippen LogP contribution is -2.22. The van der Waals surface area contributed by atoms with Gasteiger partial charge in [-0.3, -0.25) is 9.52 Å². The van der Waals surface area contributed by atoms with Crippen molar-refractivity contribution < 1.29 is 31.5 Å². The van der Waals surface area contributed by atoms with Crippen molar-refractivity contribution in [3.8, 4) is 16.9 Å². The highest BCUT2D eigenvalue weighted by atomic mass is 35.5. The van der Waals surface area contributed by atoms with Gasteiger partial charge in [-0.25, -0.2) is 5.14 Å². The third-order valence-electron chi connectivity index (χ3n) is 4.26. The fraction of sp³-hybridized carbons (Fsp3) is 0.0500. The summed E-state index contributed by atoms with van der Waals surface area (Å²) in [6, 6.07) is 12.6. The van der Waals surface area contributed by atoms with Crippen LogP contribution in [0.5, 0.6) is 5.75 Å². The van der Waals surface area contributed by atoms with Crippen LogP contribution in [0.3, 0.4) is 0 Å². The Bertz CT molecular complexity index is 1280. The summed E-state index contributed by atoms with van der Waals surface area (Å²) in [7, 11) is -4.14. The van der Waals surface area contributed by atoms with E-state index in [0.717, 1.165) is 12.1 Å². The number of amides is 1. The molecule has 0 aromatic heterocycles. The molecule has 3 rings (SSSR count). The first kappa shape index (κ1) is 23.4. The molecule has 3 aromatic rings. The number of benzene rings is 3. The minimum atomic E-state index is -4.51. The van der Waals surface area contributed by atoms with E-state index in [4.69, 9.17) is 16.7 Å². The number of carbonyl (C=O) groups excluding carboxylic acids is 1. The van der Waals surface area contributed by atoms with E-state index in [2.05, 4.69) is 5.32 Å². The van der Waals surface area contributed by atoms with Gasteiger partial charge in [-0.05, 0) is 48.0 Å². The summed E-state index contributed by atoms with van der Waals surface area (Å²) in [6.45, 7) is 0. The molecule has 1 amide bonds. The molecule has 0 saturated heterocycles. The molecule has 0 aliphatic rings. The molecule has 0 atom stereocenters. The molecule has 7 nitrogen and oxygen atoms in total. The molecule has 0 radical (unpaired) electrons. The monoisotopic (exact) mass is 485 g/mol. The first-order valence-electron chi connectivity index (χ1n) is 8.75. The molecule has 0 saturated carbocycles. The van der Waals surface area contributed by atoms with Crippen LogP contribution >= 0.6 is 11.6 Å². The lowest BCUT2D eigenvalue weighted by Gasteiger charge is -2.11. The number of carbonyl (C=O) groups is 1. The van der Waals surface area contributed by atoms with E-state index < -0.39 is 33.6 Å². The van der Waals surface area contributed by atoms with Gasteiger partial charge in [0.2, 0.25) is 0 Å². The predicted octanol–water partition coefficient (Wildman–Crippen LogP) is 4.60. The average molecular weight is 486 g/mol. The second kappa shape index (κ2) is 8.69. The fourth-order valence-corrected chi connectivity index (χ4v) is 3.54. The van der Waals surface area contributed by atoms with Crippen molar-refractivity contribution in [2.45, 2.75) is 6.18 Å². The molecule has 3 aromatic carbocycles. The van der Waals surface area contributed by atoms with Gasteiger partial charge in [-0.2, -0.15) is 21.6 Å². The van der Waals surface area contributed by atoms with E-state index >= 15 is 0 Å². The van der Waals surface area contributed by atoms with Crippen LogP contribution in [0.4, 0.5) is 24.5 Å². The van der Waals surface area contributed by atoms with Gasteiger partial charge >= 0.3 is 6.18 Å². The van der Waals surface area contributed by atoms with Crippen molar-refractivity contribution in [2.24, 2.45) is 5.14 Å². The largest absolute Gasteiger partial charge is 0.506 e. The summed E-state index contributed by atoms with van der Waals surface area (Å²) in [4.78, 5) is 12.5. The number of rotatable bonds is 5. The number of phenols is 1. The fourth-order valence-electron chi connectivity index (χ4n) is 2.78. The third kappa shape index (κ3) is 5.69. The van der Waals surface area contributed by atoms with Gasteiger partial charge in [0, 0.05) is 21.8 Å². The molecule has 0 aliphatic heterocycles. The van der Waals surface area contributed by atoms with Crippen molar-refractivity contribution in [2.75, 3.05) is 10.0 Å². The molecular weight excluding hydrogens is 471 g/mol. The molecule has 0 bridgehead atoms. The quantitative estimate of drug-likeness (QED) is 0.311. The van der Waals surface area contributed by atoms with Crippen LogP contribution in [0.25, 0.3) is 11.1 Å². The Morgan fingerprint density at radius 1 is 1.00 bits per heavy atom.